The summed E-state index contributed by atoms with van der Waals surface area (Å²) in [5, 5.41) is 9.98. The number of hydrogen-bond acceptors (Lipinski definition) is 4. The Morgan fingerprint density at radius 1 is 1.24 bits per heavy atom. The molecule has 5 heteroatoms. The molecule has 0 N–H and O–H groups in total. The maximum Gasteiger partial charge on any atom is 0.337 e. The standard InChI is InChI=1S/C12H17N3O2/c1-4-15(5-2)14-13-11-8-6-10(7-9-11)12(16)17-3/h6-9H,4-5H2,1-3H3. The number of hydrogen-bond donors (Lipinski definition) is 0. The molecule has 0 saturated carbocycles. The van der Waals surface area contributed by atoms with Gasteiger partial charge in [0.15, 0.2) is 0 Å². The first-order chi connectivity index (χ1) is 8.21. The molecule has 0 heterocycles. The second kappa shape index (κ2) is 6.62. The second-order valence-electron chi connectivity index (χ2n) is 3.37. The fourth-order valence-electron chi connectivity index (χ4n) is 1.25. The van der Waals surface area contributed by atoms with Gasteiger partial charge in [0.05, 0.1) is 18.4 Å². The molecule has 0 fully saturated rings. The summed E-state index contributed by atoms with van der Waals surface area (Å²) in [6.07, 6.45) is 0. The third-order valence-electron chi connectivity index (χ3n) is 2.31. The van der Waals surface area contributed by atoms with E-state index in [2.05, 4.69) is 15.1 Å². The monoisotopic (exact) mass is 235 g/mol. The number of carbonyl (C=O) groups excluding carboxylic acids is 1. The molecule has 0 radical (unpaired) electrons. The van der Waals surface area contributed by atoms with Gasteiger partial charge < -0.3 is 4.74 Å². The quantitative estimate of drug-likeness (QED) is 0.448. The van der Waals surface area contributed by atoms with Crippen molar-refractivity contribution < 1.29 is 9.53 Å². The third kappa shape index (κ3) is 3.86. The average Bonchev–Trinajstić information content (AvgIpc) is 2.39. The summed E-state index contributed by atoms with van der Waals surface area (Å²) in [6.45, 7) is 5.67. The zero-order chi connectivity index (χ0) is 12.7. The smallest absolute Gasteiger partial charge is 0.337 e. The summed E-state index contributed by atoms with van der Waals surface area (Å²) >= 11 is 0. The third-order valence-corrected chi connectivity index (χ3v) is 2.31. The fraction of sp³-hybridized carbons (Fsp3) is 0.417. The summed E-state index contributed by atoms with van der Waals surface area (Å²) in [6, 6.07) is 6.81. The van der Waals surface area contributed by atoms with Gasteiger partial charge in [0.1, 0.15) is 0 Å². The molecule has 1 aromatic carbocycles. The molecule has 1 rings (SSSR count). The maximum absolute atomic E-state index is 11.2. The Kier molecular flexibility index (Phi) is 5.13. The lowest BCUT2D eigenvalue weighted by molar-refractivity contribution is 0.0601. The van der Waals surface area contributed by atoms with Gasteiger partial charge in [-0.2, -0.15) is 0 Å². The fourth-order valence-corrected chi connectivity index (χ4v) is 1.25. The highest BCUT2D eigenvalue weighted by Crippen LogP contribution is 2.14. The van der Waals surface area contributed by atoms with Gasteiger partial charge in [-0.1, -0.05) is 5.22 Å². The van der Waals surface area contributed by atoms with E-state index in [9.17, 15) is 4.79 Å². The predicted octanol–water partition coefficient (Wildman–Crippen LogP) is 2.81. The minimum absolute atomic E-state index is 0.350. The first-order valence-corrected chi connectivity index (χ1v) is 5.56. The van der Waals surface area contributed by atoms with Crippen molar-refractivity contribution in [2.24, 2.45) is 10.3 Å². The Hall–Kier alpha value is -1.91. The van der Waals surface area contributed by atoms with Crippen LogP contribution in [-0.2, 0) is 4.74 Å². The summed E-state index contributed by atoms with van der Waals surface area (Å²) in [5.41, 5.74) is 1.22. The van der Waals surface area contributed by atoms with E-state index in [1.807, 2.05) is 18.9 Å². The highest BCUT2D eigenvalue weighted by molar-refractivity contribution is 5.89. The molecule has 0 bridgehead atoms. The highest BCUT2D eigenvalue weighted by atomic mass is 16.5. The van der Waals surface area contributed by atoms with E-state index in [-0.39, 0.29) is 5.97 Å². The van der Waals surface area contributed by atoms with Crippen LogP contribution in [0.2, 0.25) is 0 Å². The molecule has 0 aromatic heterocycles. The Morgan fingerprint density at radius 2 is 1.82 bits per heavy atom. The van der Waals surface area contributed by atoms with Gasteiger partial charge in [0.25, 0.3) is 0 Å². The van der Waals surface area contributed by atoms with E-state index in [1.165, 1.54) is 7.11 Å². The molecule has 0 spiro atoms. The van der Waals surface area contributed by atoms with Crippen LogP contribution in [0.3, 0.4) is 0 Å². The maximum atomic E-state index is 11.2. The second-order valence-corrected chi connectivity index (χ2v) is 3.37. The molecule has 0 unspecified atom stereocenters. The summed E-state index contributed by atoms with van der Waals surface area (Å²) in [4.78, 5) is 11.2. The number of ether oxygens (including phenoxy) is 1. The number of carbonyl (C=O) groups is 1. The Bertz CT molecular complexity index is 383. The van der Waals surface area contributed by atoms with Crippen LogP contribution in [0.4, 0.5) is 5.69 Å². The van der Waals surface area contributed by atoms with Gasteiger partial charge in [-0.25, -0.2) is 4.79 Å². The SMILES string of the molecule is CCN(CC)N=Nc1ccc(C(=O)OC)cc1. The van der Waals surface area contributed by atoms with Gasteiger partial charge >= 0.3 is 5.97 Å². The van der Waals surface area contributed by atoms with E-state index in [0.29, 0.717) is 11.3 Å². The van der Waals surface area contributed by atoms with Gasteiger partial charge in [-0.3, -0.25) is 5.01 Å². The molecule has 0 aliphatic carbocycles. The van der Waals surface area contributed by atoms with Crippen molar-refractivity contribution in [2.75, 3.05) is 20.2 Å². The largest absolute Gasteiger partial charge is 0.465 e. The van der Waals surface area contributed by atoms with Crippen LogP contribution in [0, 0.1) is 0 Å². The van der Waals surface area contributed by atoms with Crippen LogP contribution in [-0.4, -0.2) is 31.2 Å². The van der Waals surface area contributed by atoms with E-state index >= 15 is 0 Å². The lowest BCUT2D eigenvalue weighted by Crippen LogP contribution is -2.14. The lowest BCUT2D eigenvalue weighted by Gasteiger charge is -2.10. The average molecular weight is 235 g/mol. The summed E-state index contributed by atoms with van der Waals surface area (Å²) in [7, 11) is 1.36. The zero-order valence-corrected chi connectivity index (χ0v) is 10.4. The van der Waals surface area contributed by atoms with Crippen molar-refractivity contribution in [3.8, 4) is 0 Å². The van der Waals surface area contributed by atoms with Crippen LogP contribution >= 0.6 is 0 Å². The molecule has 0 amide bonds. The van der Waals surface area contributed by atoms with E-state index in [4.69, 9.17) is 0 Å². The Morgan fingerprint density at radius 3 is 2.29 bits per heavy atom. The highest BCUT2D eigenvalue weighted by Gasteiger charge is 2.03. The van der Waals surface area contributed by atoms with Gasteiger partial charge in [-0.05, 0) is 38.1 Å². The predicted molar refractivity (Wildman–Crippen MR) is 65.2 cm³/mol. The number of methoxy groups -OCH3 is 1. The molecular weight excluding hydrogens is 218 g/mol. The van der Waals surface area contributed by atoms with Gasteiger partial charge in [-0.15, -0.1) is 5.11 Å². The minimum atomic E-state index is -0.350. The van der Waals surface area contributed by atoms with Crippen LogP contribution in [0.5, 0.6) is 0 Å². The lowest BCUT2D eigenvalue weighted by atomic mass is 10.2. The van der Waals surface area contributed by atoms with Crippen molar-refractivity contribution in [2.45, 2.75) is 13.8 Å². The summed E-state index contributed by atoms with van der Waals surface area (Å²) in [5.74, 6) is -0.350. The number of esters is 1. The number of rotatable bonds is 5. The summed E-state index contributed by atoms with van der Waals surface area (Å²) < 4.78 is 4.61. The van der Waals surface area contributed by atoms with E-state index in [0.717, 1.165) is 13.1 Å². The molecule has 0 saturated heterocycles. The van der Waals surface area contributed by atoms with Crippen molar-refractivity contribution >= 4 is 11.7 Å². The normalized spacial score (nSPS) is 10.5. The van der Waals surface area contributed by atoms with Crippen molar-refractivity contribution in [3.05, 3.63) is 29.8 Å². The van der Waals surface area contributed by atoms with Crippen LogP contribution < -0.4 is 0 Å². The molecular formula is C12H17N3O2. The van der Waals surface area contributed by atoms with Crippen molar-refractivity contribution in [3.63, 3.8) is 0 Å². The topological polar surface area (TPSA) is 54.3 Å². The van der Waals surface area contributed by atoms with Crippen molar-refractivity contribution in [1.82, 2.24) is 5.01 Å². The molecule has 17 heavy (non-hydrogen) atoms. The Labute approximate surface area is 101 Å². The van der Waals surface area contributed by atoms with E-state index in [1.54, 1.807) is 24.3 Å². The number of benzene rings is 1. The molecule has 92 valence electrons. The Balaban J connectivity index is 2.71. The van der Waals surface area contributed by atoms with Crippen molar-refractivity contribution in [1.29, 1.82) is 0 Å². The molecule has 5 nitrogen and oxygen atoms in total. The van der Waals surface area contributed by atoms with Gasteiger partial charge in [0, 0.05) is 13.1 Å². The van der Waals surface area contributed by atoms with Crippen LogP contribution in [0.25, 0.3) is 0 Å². The van der Waals surface area contributed by atoms with Crippen LogP contribution in [0.1, 0.15) is 24.2 Å². The minimum Gasteiger partial charge on any atom is -0.465 e. The number of nitrogens with zero attached hydrogens (tertiary/aromatic N) is 3. The first-order valence-electron chi connectivity index (χ1n) is 5.56. The van der Waals surface area contributed by atoms with Gasteiger partial charge in [0.2, 0.25) is 0 Å². The molecule has 1 aromatic rings. The molecule has 0 aliphatic heterocycles. The molecule has 0 aliphatic rings. The zero-order valence-electron chi connectivity index (χ0n) is 10.4. The van der Waals surface area contributed by atoms with E-state index < -0.39 is 0 Å². The molecule has 0 atom stereocenters. The van der Waals surface area contributed by atoms with Crippen LogP contribution in [0.15, 0.2) is 34.6 Å². The first kappa shape index (κ1) is 13.2.